The molecule has 0 N–H and O–H groups in total. The summed E-state index contributed by atoms with van der Waals surface area (Å²) in [6.45, 7) is 6.93. The van der Waals surface area contributed by atoms with Crippen LogP contribution in [0, 0.1) is 0 Å². The van der Waals surface area contributed by atoms with Gasteiger partial charge in [-0.2, -0.15) is 0 Å². The first-order valence-corrected chi connectivity index (χ1v) is 14.8. The summed E-state index contributed by atoms with van der Waals surface area (Å²) in [5, 5.41) is 0.502. The van der Waals surface area contributed by atoms with E-state index in [2.05, 4.69) is 23.7 Å². The predicted molar refractivity (Wildman–Crippen MR) is 149 cm³/mol. The fourth-order valence-corrected chi connectivity index (χ4v) is 5.73. The number of hydrogen-bond acceptors (Lipinski definition) is 7. The van der Waals surface area contributed by atoms with Crippen molar-refractivity contribution in [3.05, 3.63) is 89.5 Å². The summed E-state index contributed by atoms with van der Waals surface area (Å²) in [5.74, 6) is -0.334. The van der Waals surface area contributed by atoms with Gasteiger partial charge in [-0.1, -0.05) is 67.6 Å². The van der Waals surface area contributed by atoms with Crippen LogP contribution in [0.25, 0.3) is 10.2 Å². The zero-order valence-electron chi connectivity index (χ0n) is 21.0. The molecule has 4 rings (SSSR count). The smallest absolute Gasteiger partial charge is 0.260 e. The molecule has 9 heteroatoms. The van der Waals surface area contributed by atoms with E-state index in [0.29, 0.717) is 45.1 Å². The number of ketones is 1. The van der Waals surface area contributed by atoms with E-state index < -0.39 is 9.84 Å². The number of nitrogens with zero attached hydrogens (tertiary/aromatic N) is 3. The van der Waals surface area contributed by atoms with Crippen molar-refractivity contribution in [1.82, 2.24) is 9.88 Å². The van der Waals surface area contributed by atoms with Crippen molar-refractivity contribution in [2.45, 2.75) is 18.7 Å². The molecule has 0 radical (unpaired) electrons. The second-order valence-corrected chi connectivity index (χ2v) is 11.7. The molecule has 4 aromatic rings. The van der Waals surface area contributed by atoms with E-state index in [-0.39, 0.29) is 16.6 Å². The standard InChI is InChI=1S/C28H29N3O4S2/c1-4-30(5-2)17-18-31(28-29-24-16-15-23(37(3,34)35)19-25(24)36-28)27(33)22-13-11-21(12-14-22)26(32)20-9-7-6-8-10-20/h6-16,19H,4-5,17-18H2,1-3H3. The summed E-state index contributed by atoms with van der Waals surface area (Å²) < 4.78 is 24.7. The van der Waals surface area contributed by atoms with Crippen LogP contribution in [-0.4, -0.2) is 62.4 Å². The van der Waals surface area contributed by atoms with Crippen LogP contribution in [0.5, 0.6) is 0 Å². The minimum Gasteiger partial charge on any atom is -0.302 e. The van der Waals surface area contributed by atoms with Crippen molar-refractivity contribution in [3.8, 4) is 0 Å². The number of hydrogen-bond donors (Lipinski definition) is 0. The lowest BCUT2D eigenvalue weighted by molar-refractivity contribution is 0.0981. The van der Waals surface area contributed by atoms with Crippen LogP contribution in [0.15, 0.2) is 77.7 Å². The summed E-state index contributed by atoms with van der Waals surface area (Å²) >= 11 is 1.29. The van der Waals surface area contributed by atoms with Gasteiger partial charge in [0.05, 0.1) is 15.1 Å². The van der Waals surface area contributed by atoms with Crippen LogP contribution in [0.1, 0.15) is 40.1 Å². The Morgan fingerprint density at radius 3 is 2.08 bits per heavy atom. The first-order chi connectivity index (χ1) is 17.7. The van der Waals surface area contributed by atoms with E-state index in [1.807, 2.05) is 18.2 Å². The van der Waals surface area contributed by atoms with Gasteiger partial charge in [-0.15, -0.1) is 0 Å². The molecule has 7 nitrogen and oxygen atoms in total. The molecule has 0 atom stereocenters. The van der Waals surface area contributed by atoms with Gasteiger partial charge in [0, 0.05) is 36.0 Å². The Morgan fingerprint density at radius 2 is 1.46 bits per heavy atom. The van der Waals surface area contributed by atoms with E-state index in [9.17, 15) is 18.0 Å². The molecule has 3 aromatic carbocycles. The van der Waals surface area contributed by atoms with E-state index >= 15 is 0 Å². The molecule has 0 bridgehead atoms. The van der Waals surface area contributed by atoms with Crippen LogP contribution in [0.2, 0.25) is 0 Å². The number of benzene rings is 3. The molecule has 1 amide bonds. The van der Waals surface area contributed by atoms with E-state index in [0.717, 1.165) is 13.1 Å². The number of aromatic nitrogens is 1. The van der Waals surface area contributed by atoms with Gasteiger partial charge in [-0.25, -0.2) is 13.4 Å². The Balaban J connectivity index is 1.65. The first kappa shape index (κ1) is 26.7. The largest absolute Gasteiger partial charge is 0.302 e. The highest BCUT2D eigenvalue weighted by Crippen LogP contribution is 2.31. The SMILES string of the molecule is CCN(CC)CCN(C(=O)c1ccc(C(=O)c2ccccc2)cc1)c1nc2ccc(S(C)(=O)=O)cc2s1. The number of anilines is 1. The molecule has 1 aromatic heterocycles. The molecule has 0 fully saturated rings. The van der Waals surface area contributed by atoms with Gasteiger partial charge in [0.2, 0.25) is 0 Å². The average Bonchev–Trinajstić information content (AvgIpc) is 3.34. The fraction of sp³-hybridized carbons (Fsp3) is 0.250. The number of carbonyl (C=O) groups is 2. The molecule has 1 heterocycles. The molecule has 0 saturated heterocycles. The van der Waals surface area contributed by atoms with Gasteiger partial charge in [0.1, 0.15) is 0 Å². The summed E-state index contributed by atoms with van der Waals surface area (Å²) in [6, 6.07) is 20.5. The highest BCUT2D eigenvalue weighted by Gasteiger charge is 2.23. The van der Waals surface area contributed by atoms with Crippen molar-refractivity contribution in [1.29, 1.82) is 0 Å². The molecule has 192 valence electrons. The molecule has 0 saturated carbocycles. The molecule has 0 unspecified atom stereocenters. The van der Waals surface area contributed by atoms with Crippen LogP contribution < -0.4 is 4.90 Å². The maximum absolute atomic E-state index is 13.7. The summed E-state index contributed by atoms with van der Waals surface area (Å²) in [4.78, 5) is 35.2. The Hall–Kier alpha value is -3.40. The topological polar surface area (TPSA) is 87.7 Å². The van der Waals surface area contributed by atoms with Crippen molar-refractivity contribution < 1.29 is 18.0 Å². The number of fused-ring (bicyclic) bond motifs is 1. The van der Waals surface area contributed by atoms with Crippen molar-refractivity contribution in [2.24, 2.45) is 0 Å². The van der Waals surface area contributed by atoms with E-state index in [4.69, 9.17) is 0 Å². The highest BCUT2D eigenvalue weighted by molar-refractivity contribution is 7.90. The maximum atomic E-state index is 13.7. The van der Waals surface area contributed by atoms with E-state index in [1.54, 1.807) is 53.4 Å². The molecule has 37 heavy (non-hydrogen) atoms. The second-order valence-electron chi connectivity index (χ2n) is 8.65. The van der Waals surface area contributed by atoms with Crippen LogP contribution in [0.4, 0.5) is 5.13 Å². The zero-order valence-corrected chi connectivity index (χ0v) is 22.7. The highest BCUT2D eigenvalue weighted by atomic mass is 32.2. The van der Waals surface area contributed by atoms with Crippen molar-refractivity contribution in [3.63, 3.8) is 0 Å². The Morgan fingerprint density at radius 1 is 0.838 bits per heavy atom. The first-order valence-electron chi connectivity index (χ1n) is 12.1. The number of carbonyl (C=O) groups excluding carboxylic acids is 2. The number of rotatable bonds is 10. The maximum Gasteiger partial charge on any atom is 0.260 e. The predicted octanol–water partition coefficient (Wildman–Crippen LogP) is 4.92. The number of sulfone groups is 1. The zero-order chi connectivity index (χ0) is 26.6. The van der Waals surface area contributed by atoms with Crippen LogP contribution >= 0.6 is 11.3 Å². The lowest BCUT2D eigenvalue weighted by Gasteiger charge is -2.24. The van der Waals surface area contributed by atoms with Gasteiger partial charge >= 0.3 is 0 Å². The lowest BCUT2D eigenvalue weighted by atomic mass is 10.0. The third-order valence-electron chi connectivity index (χ3n) is 6.22. The van der Waals surface area contributed by atoms with Gasteiger partial charge in [0.15, 0.2) is 20.8 Å². The average molecular weight is 536 g/mol. The monoisotopic (exact) mass is 535 g/mol. The van der Waals surface area contributed by atoms with Gasteiger partial charge in [-0.3, -0.25) is 14.5 Å². The fourth-order valence-electron chi connectivity index (χ4n) is 3.98. The Labute approximate surface area is 221 Å². The molecule has 0 aliphatic rings. The quantitative estimate of drug-likeness (QED) is 0.268. The van der Waals surface area contributed by atoms with Gasteiger partial charge in [-0.05, 0) is 43.4 Å². The molecule has 0 spiro atoms. The van der Waals surface area contributed by atoms with E-state index in [1.165, 1.54) is 23.7 Å². The van der Waals surface area contributed by atoms with Gasteiger partial charge in [0.25, 0.3) is 5.91 Å². The van der Waals surface area contributed by atoms with Crippen LogP contribution in [-0.2, 0) is 9.84 Å². The lowest BCUT2D eigenvalue weighted by Crippen LogP contribution is -2.38. The summed E-state index contributed by atoms with van der Waals surface area (Å²) in [5.41, 5.74) is 2.17. The molecular formula is C28H29N3O4S2. The van der Waals surface area contributed by atoms with Crippen molar-refractivity contribution >= 4 is 48.2 Å². The number of likely N-dealkylation sites (N-methyl/N-ethyl adjacent to an activating group) is 1. The minimum atomic E-state index is -3.36. The third kappa shape index (κ3) is 6.12. The summed E-state index contributed by atoms with van der Waals surface area (Å²) in [7, 11) is -3.36. The summed E-state index contributed by atoms with van der Waals surface area (Å²) in [6.07, 6.45) is 1.17. The van der Waals surface area contributed by atoms with Crippen LogP contribution in [0.3, 0.4) is 0 Å². The number of amides is 1. The number of thiazole rings is 1. The second kappa shape index (κ2) is 11.3. The van der Waals surface area contributed by atoms with Gasteiger partial charge < -0.3 is 4.90 Å². The third-order valence-corrected chi connectivity index (χ3v) is 8.37. The molecule has 0 aliphatic heterocycles. The minimum absolute atomic E-state index is 0.106. The molecular weight excluding hydrogens is 506 g/mol. The Kier molecular flexibility index (Phi) is 8.16. The Bertz CT molecular complexity index is 1510. The van der Waals surface area contributed by atoms with Crippen molar-refractivity contribution in [2.75, 3.05) is 37.3 Å². The normalized spacial score (nSPS) is 11.7. The molecule has 0 aliphatic carbocycles.